The van der Waals surface area contributed by atoms with Gasteiger partial charge in [0.2, 0.25) is 0 Å². The Morgan fingerprint density at radius 1 is 1.38 bits per heavy atom. The van der Waals surface area contributed by atoms with Crippen LogP contribution in [0.1, 0.15) is 10.4 Å². The van der Waals surface area contributed by atoms with Crippen LogP contribution in [0.4, 0.5) is 5.69 Å². The first kappa shape index (κ1) is 12.0. The van der Waals surface area contributed by atoms with Crippen LogP contribution in [0.25, 0.3) is 0 Å². The van der Waals surface area contributed by atoms with E-state index < -0.39 is 0 Å². The van der Waals surface area contributed by atoms with Crippen molar-refractivity contribution in [1.29, 1.82) is 0 Å². The first-order valence-corrected chi connectivity index (χ1v) is 6.94. The van der Waals surface area contributed by atoms with Crippen LogP contribution in [0.5, 0.6) is 0 Å². The lowest BCUT2D eigenvalue weighted by molar-refractivity contribution is 1.16. The molecule has 0 atom stereocenters. The molecule has 1 N–H and O–H groups in total. The molecule has 4 heteroatoms. The molecule has 1 aromatic carbocycles. The van der Waals surface area contributed by atoms with E-state index >= 15 is 0 Å². The molecule has 2 rings (SSSR count). The molecule has 0 unspecified atom stereocenters. The zero-order valence-corrected chi connectivity index (χ0v) is 11.9. The summed E-state index contributed by atoms with van der Waals surface area (Å²) in [4.78, 5) is 1.35. The second-order valence-electron chi connectivity index (χ2n) is 3.50. The minimum absolute atomic E-state index is 0.744. The van der Waals surface area contributed by atoms with Crippen LogP contribution in [-0.2, 0) is 6.54 Å². The summed E-state index contributed by atoms with van der Waals surface area (Å²) in [7, 11) is 0. The lowest BCUT2D eigenvalue weighted by atomic mass is 10.2. The van der Waals surface area contributed by atoms with Gasteiger partial charge in [-0.05, 0) is 58.1 Å². The summed E-state index contributed by atoms with van der Waals surface area (Å²) in [6.07, 6.45) is 0. The number of nitrogens with one attached hydrogen (secondary N) is 1. The fourth-order valence-electron chi connectivity index (χ4n) is 1.39. The second kappa shape index (κ2) is 5.21. The molecule has 1 heterocycles. The van der Waals surface area contributed by atoms with Gasteiger partial charge in [-0.25, -0.2) is 0 Å². The molecule has 0 amide bonds. The van der Waals surface area contributed by atoms with Crippen molar-refractivity contribution < 1.29 is 0 Å². The molecule has 2 aromatic rings. The summed E-state index contributed by atoms with van der Waals surface area (Å²) in [6.45, 7) is 2.96. The van der Waals surface area contributed by atoms with Crippen LogP contribution >= 0.6 is 38.9 Å². The van der Waals surface area contributed by atoms with Gasteiger partial charge in [0.25, 0.3) is 0 Å². The van der Waals surface area contributed by atoms with Crippen molar-refractivity contribution in [2.75, 3.05) is 5.32 Å². The molecule has 0 aliphatic heterocycles. The number of halogens is 2. The van der Waals surface area contributed by atoms with Gasteiger partial charge in [-0.15, -0.1) is 11.3 Å². The molecule has 0 saturated heterocycles. The smallest absolute Gasteiger partial charge is 0.0502 e. The molecule has 16 heavy (non-hydrogen) atoms. The SMILES string of the molecule is Cc1ccsc1CNc1cc(Cl)ccc1Br. The third-order valence-electron chi connectivity index (χ3n) is 2.34. The van der Waals surface area contributed by atoms with E-state index in [-0.39, 0.29) is 0 Å². The largest absolute Gasteiger partial charge is 0.379 e. The van der Waals surface area contributed by atoms with Crippen molar-refractivity contribution in [2.24, 2.45) is 0 Å². The van der Waals surface area contributed by atoms with Crippen molar-refractivity contribution >= 4 is 44.6 Å². The van der Waals surface area contributed by atoms with Crippen LogP contribution in [0.15, 0.2) is 34.1 Å². The molecule has 0 saturated carbocycles. The zero-order chi connectivity index (χ0) is 11.5. The predicted molar refractivity (Wildman–Crippen MR) is 75.5 cm³/mol. The Labute approximate surface area is 113 Å². The third-order valence-corrected chi connectivity index (χ3v) is 4.29. The number of hydrogen-bond donors (Lipinski definition) is 1. The standard InChI is InChI=1S/C12H11BrClNS/c1-8-4-5-16-12(8)7-15-11-6-9(14)2-3-10(11)13/h2-6,15H,7H2,1H3. The van der Waals surface area contributed by atoms with E-state index in [1.807, 2.05) is 18.2 Å². The quantitative estimate of drug-likeness (QED) is 0.832. The highest BCUT2D eigenvalue weighted by molar-refractivity contribution is 9.10. The number of benzene rings is 1. The number of rotatable bonds is 3. The average molecular weight is 317 g/mol. The summed E-state index contributed by atoms with van der Waals surface area (Å²) in [5.41, 5.74) is 2.36. The van der Waals surface area contributed by atoms with Gasteiger partial charge in [0.15, 0.2) is 0 Å². The Hall–Kier alpha value is -0.510. The highest BCUT2D eigenvalue weighted by atomic mass is 79.9. The highest BCUT2D eigenvalue weighted by Gasteiger charge is 2.03. The fourth-order valence-corrected chi connectivity index (χ4v) is 2.80. The van der Waals surface area contributed by atoms with Gasteiger partial charge in [-0.1, -0.05) is 11.6 Å². The van der Waals surface area contributed by atoms with Crippen LogP contribution in [0, 0.1) is 6.92 Å². The topological polar surface area (TPSA) is 12.0 Å². The predicted octanol–water partition coefficient (Wildman–Crippen LogP) is 5.08. The van der Waals surface area contributed by atoms with E-state index in [1.165, 1.54) is 10.4 Å². The van der Waals surface area contributed by atoms with E-state index in [0.717, 1.165) is 21.7 Å². The first-order valence-electron chi connectivity index (χ1n) is 4.88. The molecule has 1 nitrogen and oxygen atoms in total. The maximum Gasteiger partial charge on any atom is 0.0502 e. The van der Waals surface area contributed by atoms with E-state index in [2.05, 4.69) is 39.6 Å². The lowest BCUT2D eigenvalue weighted by Crippen LogP contribution is -1.99. The van der Waals surface area contributed by atoms with Crippen LogP contribution in [0.2, 0.25) is 5.02 Å². The Kier molecular flexibility index (Phi) is 3.90. The second-order valence-corrected chi connectivity index (χ2v) is 5.80. The summed E-state index contributed by atoms with van der Waals surface area (Å²) < 4.78 is 1.03. The van der Waals surface area contributed by atoms with Gasteiger partial charge in [0, 0.05) is 20.9 Å². The van der Waals surface area contributed by atoms with Crippen LogP contribution in [-0.4, -0.2) is 0 Å². The van der Waals surface area contributed by atoms with E-state index in [4.69, 9.17) is 11.6 Å². The molecule has 0 aliphatic carbocycles. The number of aryl methyl sites for hydroxylation is 1. The molecular formula is C12H11BrClNS. The third kappa shape index (κ3) is 2.78. The highest BCUT2D eigenvalue weighted by Crippen LogP contribution is 2.27. The Morgan fingerprint density at radius 2 is 2.19 bits per heavy atom. The minimum Gasteiger partial charge on any atom is -0.379 e. The van der Waals surface area contributed by atoms with Crippen molar-refractivity contribution in [2.45, 2.75) is 13.5 Å². The number of hydrogen-bond acceptors (Lipinski definition) is 2. The monoisotopic (exact) mass is 315 g/mol. The Bertz CT molecular complexity index is 496. The lowest BCUT2D eigenvalue weighted by Gasteiger charge is -2.08. The van der Waals surface area contributed by atoms with Gasteiger partial charge in [0.1, 0.15) is 0 Å². The van der Waals surface area contributed by atoms with Gasteiger partial charge in [-0.3, -0.25) is 0 Å². The van der Waals surface area contributed by atoms with Gasteiger partial charge in [-0.2, -0.15) is 0 Å². The maximum atomic E-state index is 5.95. The van der Waals surface area contributed by atoms with E-state index in [0.29, 0.717) is 0 Å². The van der Waals surface area contributed by atoms with Gasteiger partial charge < -0.3 is 5.32 Å². The molecule has 0 spiro atoms. The summed E-state index contributed by atoms with van der Waals surface area (Å²) in [5.74, 6) is 0. The molecular weight excluding hydrogens is 306 g/mol. The molecule has 0 bridgehead atoms. The molecule has 0 aliphatic rings. The maximum absolute atomic E-state index is 5.95. The van der Waals surface area contributed by atoms with Crippen LogP contribution in [0.3, 0.4) is 0 Å². The zero-order valence-electron chi connectivity index (χ0n) is 8.76. The van der Waals surface area contributed by atoms with E-state index in [1.54, 1.807) is 11.3 Å². The Morgan fingerprint density at radius 3 is 2.88 bits per heavy atom. The van der Waals surface area contributed by atoms with Gasteiger partial charge in [0.05, 0.1) is 5.69 Å². The Balaban J connectivity index is 2.10. The van der Waals surface area contributed by atoms with E-state index in [9.17, 15) is 0 Å². The van der Waals surface area contributed by atoms with Crippen LogP contribution < -0.4 is 5.32 Å². The van der Waals surface area contributed by atoms with Crippen molar-refractivity contribution in [1.82, 2.24) is 0 Å². The van der Waals surface area contributed by atoms with Crippen molar-refractivity contribution in [3.05, 3.63) is 49.6 Å². The van der Waals surface area contributed by atoms with Crippen molar-refractivity contribution in [3.8, 4) is 0 Å². The summed E-state index contributed by atoms with van der Waals surface area (Å²) in [6, 6.07) is 7.88. The van der Waals surface area contributed by atoms with Crippen molar-refractivity contribution in [3.63, 3.8) is 0 Å². The molecule has 1 aromatic heterocycles. The molecule has 0 fully saturated rings. The minimum atomic E-state index is 0.744. The molecule has 84 valence electrons. The first-order chi connectivity index (χ1) is 7.66. The molecule has 0 radical (unpaired) electrons. The normalized spacial score (nSPS) is 10.4. The summed E-state index contributed by atoms with van der Waals surface area (Å²) in [5, 5.41) is 6.23. The summed E-state index contributed by atoms with van der Waals surface area (Å²) >= 11 is 11.2. The fraction of sp³-hybridized carbons (Fsp3) is 0.167. The number of thiophene rings is 1. The number of anilines is 1. The van der Waals surface area contributed by atoms with Gasteiger partial charge >= 0.3 is 0 Å². The average Bonchev–Trinajstić information content (AvgIpc) is 2.66.